The molecule has 0 aliphatic carbocycles. The number of ether oxygens (including phenoxy) is 1. The van der Waals surface area contributed by atoms with Crippen molar-refractivity contribution in [1.82, 2.24) is 0 Å². The third kappa shape index (κ3) is 4.24. The Labute approximate surface area is 61.1 Å². The minimum atomic E-state index is 0.233. The fraction of sp³-hybridized carbons (Fsp3) is 0.857. The zero-order valence-corrected chi connectivity index (χ0v) is 6.46. The molecule has 0 rings (SSSR count). The molecule has 0 radical (unpaired) electrons. The molecule has 1 unspecified atom stereocenters. The van der Waals surface area contributed by atoms with Crippen molar-refractivity contribution in [2.24, 2.45) is 4.99 Å². The first-order valence-electron chi connectivity index (χ1n) is 3.41. The molecule has 0 heterocycles. The van der Waals surface area contributed by atoms with Crippen LogP contribution in [0, 0.1) is 0 Å². The lowest BCUT2D eigenvalue weighted by atomic mass is 10.2. The number of carbonyl (C=O) groups excluding carboxylic acids is 1. The van der Waals surface area contributed by atoms with E-state index < -0.39 is 0 Å². The van der Waals surface area contributed by atoms with Crippen molar-refractivity contribution in [3.8, 4) is 0 Å². The molecule has 1 atom stereocenters. The van der Waals surface area contributed by atoms with Gasteiger partial charge in [-0.3, -0.25) is 0 Å². The van der Waals surface area contributed by atoms with Crippen LogP contribution >= 0.6 is 0 Å². The lowest BCUT2D eigenvalue weighted by Crippen LogP contribution is -2.09. The number of isocyanates is 1. The van der Waals surface area contributed by atoms with Gasteiger partial charge in [-0.25, -0.2) is 9.79 Å². The van der Waals surface area contributed by atoms with Gasteiger partial charge in [0.15, 0.2) is 0 Å². The Hall–Kier alpha value is -0.660. The molecule has 3 nitrogen and oxygen atoms in total. The summed E-state index contributed by atoms with van der Waals surface area (Å²) in [6, 6.07) is 0. The highest BCUT2D eigenvalue weighted by molar-refractivity contribution is 5.32. The average Bonchev–Trinajstić information content (AvgIpc) is 1.99. The topological polar surface area (TPSA) is 38.7 Å². The minimum Gasteiger partial charge on any atom is -0.381 e. The van der Waals surface area contributed by atoms with Crippen LogP contribution in [-0.2, 0) is 9.53 Å². The van der Waals surface area contributed by atoms with Crippen LogP contribution in [0.2, 0.25) is 0 Å². The maximum atomic E-state index is 9.63. The second kappa shape index (κ2) is 6.46. The van der Waals surface area contributed by atoms with Crippen LogP contribution in [-0.4, -0.2) is 25.8 Å². The van der Waals surface area contributed by atoms with Crippen LogP contribution in [0.5, 0.6) is 0 Å². The van der Waals surface area contributed by atoms with Crippen molar-refractivity contribution in [1.29, 1.82) is 0 Å². The molecular weight excluding hydrogens is 130 g/mol. The molecule has 0 N–H and O–H groups in total. The first-order chi connectivity index (χ1) is 4.85. The van der Waals surface area contributed by atoms with E-state index in [4.69, 9.17) is 4.74 Å². The molecule has 0 saturated carbocycles. The second-order valence-electron chi connectivity index (χ2n) is 2.03. The highest BCUT2D eigenvalue weighted by Crippen LogP contribution is 2.00. The fourth-order valence-corrected chi connectivity index (χ4v) is 0.743. The molecule has 10 heavy (non-hydrogen) atoms. The van der Waals surface area contributed by atoms with Crippen LogP contribution in [0.3, 0.4) is 0 Å². The Morgan fingerprint density at radius 3 is 2.80 bits per heavy atom. The van der Waals surface area contributed by atoms with Gasteiger partial charge in [0.25, 0.3) is 0 Å². The first kappa shape index (κ1) is 9.34. The van der Waals surface area contributed by atoms with Crippen molar-refractivity contribution >= 4 is 6.08 Å². The van der Waals surface area contributed by atoms with Gasteiger partial charge < -0.3 is 4.74 Å². The predicted molar refractivity (Wildman–Crippen MR) is 38.7 cm³/mol. The summed E-state index contributed by atoms with van der Waals surface area (Å²) in [4.78, 5) is 13.1. The molecule has 0 aromatic heterocycles. The maximum Gasteiger partial charge on any atom is 0.234 e. The van der Waals surface area contributed by atoms with Crippen LogP contribution in [0.25, 0.3) is 0 Å². The second-order valence-corrected chi connectivity index (χ2v) is 2.03. The minimum absolute atomic E-state index is 0.233. The monoisotopic (exact) mass is 143 g/mol. The number of aliphatic imine (C=N–C) groups is 1. The molecule has 0 spiro atoms. The summed E-state index contributed by atoms with van der Waals surface area (Å²) in [7, 11) is 1.67. The summed E-state index contributed by atoms with van der Waals surface area (Å²) >= 11 is 0. The maximum absolute atomic E-state index is 9.63. The van der Waals surface area contributed by atoms with Crippen LogP contribution in [0.4, 0.5) is 0 Å². The number of nitrogens with zero attached hydrogens (tertiary/aromatic N) is 1. The van der Waals surface area contributed by atoms with Crippen molar-refractivity contribution in [2.75, 3.05) is 13.7 Å². The molecule has 0 saturated heterocycles. The Morgan fingerprint density at radius 1 is 1.70 bits per heavy atom. The SMILES string of the molecule is CCC(CCN=C=O)OC. The van der Waals surface area contributed by atoms with E-state index >= 15 is 0 Å². The van der Waals surface area contributed by atoms with Crippen molar-refractivity contribution < 1.29 is 9.53 Å². The average molecular weight is 143 g/mol. The van der Waals surface area contributed by atoms with Gasteiger partial charge in [0.05, 0.1) is 12.6 Å². The number of rotatable bonds is 5. The van der Waals surface area contributed by atoms with Crippen molar-refractivity contribution in [2.45, 2.75) is 25.9 Å². The molecular formula is C7H13NO2. The molecule has 0 aromatic carbocycles. The van der Waals surface area contributed by atoms with E-state index in [9.17, 15) is 4.79 Å². The Kier molecular flexibility index (Phi) is 6.03. The Morgan fingerprint density at radius 2 is 2.40 bits per heavy atom. The first-order valence-corrected chi connectivity index (χ1v) is 3.41. The van der Waals surface area contributed by atoms with Crippen molar-refractivity contribution in [3.05, 3.63) is 0 Å². The molecule has 0 bridgehead atoms. The van der Waals surface area contributed by atoms with Gasteiger partial charge in [-0.2, -0.15) is 0 Å². The van der Waals surface area contributed by atoms with Gasteiger partial charge in [-0.15, -0.1) is 0 Å². The van der Waals surface area contributed by atoms with Gasteiger partial charge >= 0.3 is 0 Å². The summed E-state index contributed by atoms with van der Waals surface area (Å²) in [5.41, 5.74) is 0. The summed E-state index contributed by atoms with van der Waals surface area (Å²) in [5, 5.41) is 0. The molecule has 0 aliphatic heterocycles. The predicted octanol–water partition coefficient (Wildman–Crippen LogP) is 1.14. The zero-order chi connectivity index (χ0) is 7.82. The molecule has 0 aliphatic rings. The fourth-order valence-electron chi connectivity index (χ4n) is 0.743. The molecule has 0 amide bonds. The van der Waals surface area contributed by atoms with E-state index in [1.165, 1.54) is 6.08 Å². The molecule has 3 heteroatoms. The quantitative estimate of drug-likeness (QED) is 0.427. The summed E-state index contributed by atoms with van der Waals surface area (Å²) in [6.45, 7) is 2.56. The van der Waals surface area contributed by atoms with Gasteiger partial charge in [0, 0.05) is 7.11 Å². The molecule has 0 fully saturated rings. The van der Waals surface area contributed by atoms with Crippen LogP contribution in [0.15, 0.2) is 4.99 Å². The lowest BCUT2D eigenvalue weighted by molar-refractivity contribution is 0.0943. The van der Waals surface area contributed by atoms with Gasteiger partial charge in [-0.1, -0.05) is 6.92 Å². The number of hydrogen-bond acceptors (Lipinski definition) is 3. The van der Waals surface area contributed by atoms with Gasteiger partial charge in [0.1, 0.15) is 0 Å². The van der Waals surface area contributed by atoms with E-state index in [1.54, 1.807) is 7.11 Å². The number of hydrogen-bond donors (Lipinski definition) is 0. The third-order valence-electron chi connectivity index (χ3n) is 1.42. The smallest absolute Gasteiger partial charge is 0.234 e. The summed E-state index contributed by atoms with van der Waals surface area (Å²) in [6.07, 6.45) is 3.50. The normalized spacial score (nSPS) is 12.2. The van der Waals surface area contributed by atoms with E-state index in [0.717, 1.165) is 12.8 Å². The van der Waals surface area contributed by atoms with Crippen molar-refractivity contribution in [3.63, 3.8) is 0 Å². The standard InChI is InChI=1S/C7H13NO2/c1-3-7(10-2)4-5-8-6-9/h7H,3-5H2,1-2H3. The van der Waals surface area contributed by atoms with Crippen LogP contribution < -0.4 is 0 Å². The summed E-state index contributed by atoms with van der Waals surface area (Å²) < 4.78 is 5.06. The zero-order valence-electron chi connectivity index (χ0n) is 6.46. The lowest BCUT2D eigenvalue weighted by Gasteiger charge is -2.09. The van der Waals surface area contributed by atoms with Gasteiger partial charge in [0.2, 0.25) is 6.08 Å². The molecule has 0 aromatic rings. The highest BCUT2D eigenvalue weighted by atomic mass is 16.5. The molecule has 58 valence electrons. The van der Waals surface area contributed by atoms with E-state index in [1.807, 2.05) is 6.92 Å². The highest BCUT2D eigenvalue weighted by Gasteiger charge is 2.01. The number of methoxy groups -OCH3 is 1. The Balaban J connectivity index is 3.34. The third-order valence-corrected chi connectivity index (χ3v) is 1.42. The van der Waals surface area contributed by atoms with E-state index in [0.29, 0.717) is 6.54 Å². The van der Waals surface area contributed by atoms with Crippen LogP contribution in [0.1, 0.15) is 19.8 Å². The largest absolute Gasteiger partial charge is 0.381 e. The van der Waals surface area contributed by atoms with Gasteiger partial charge in [-0.05, 0) is 12.8 Å². The van der Waals surface area contributed by atoms with E-state index in [-0.39, 0.29) is 6.10 Å². The Bertz CT molecular complexity index is 115. The summed E-state index contributed by atoms with van der Waals surface area (Å²) in [5.74, 6) is 0. The van der Waals surface area contributed by atoms with E-state index in [2.05, 4.69) is 4.99 Å².